The molecule has 1 aromatic heterocycles. The lowest BCUT2D eigenvalue weighted by atomic mass is 10.1. The zero-order chi connectivity index (χ0) is 16.8. The predicted octanol–water partition coefficient (Wildman–Crippen LogP) is 3.21. The van der Waals surface area contributed by atoms with E-state index in [-0.39, 0.29) is 5.56 Å². The van der Waals surface area contributed by atoms with Crippen LogP contribution in [0.3, 0.4) is 0 Å². The van der Waals surface area contributed by atoms with Crippen LogP contribution in [0.2, 0.25) is 0 Å². The van der Waals surface area contributed by atoms with E-state index in [1.807, 2.05) is 53.5 Å². The van der Waals surface area contributed by atoms with Crippen molar-refractivity contribution >= 4 is 16.7 Å². The predicted molar refractivity (Wildman–Crippen MR) is 95.8 cm³/mol. The molecule has 2 N–H and O–H groups in total. The number of anilines is 1. The van der Waals surface area contributed by atoms with E-state index >= 15 is 0 Å². The number of aromatic amines is 2. The molecule has 3 aliphatic rings. The lowest BCUT2D eigenvalue weighted by Crippen LogP contribution is -2.13. The first kappa shape index (κ1) is 13.9. The van der Waals surface area contributed by atoms with Crippen molar-refractivity contribution < 1.29 is 0 Å². The molecule has 0 radical (unpaired) electrons. The van der Waals surface area contributed by atoms with Crippen LogP contribution in [0, 0.1) is 0 Å². The molecule has 2 aromatic rings. The topological polar surface area (TPSA) is 89.5 Å². The third-order valence-corrected chi connectivity index (χ3v) is 4.37. The average molecular weight is 330 g/mol. The number of imidazole rings is 1. The number of nitrogens with one attached hydrogen (secondary N) is 2. The number of fused-ring (bicyclic) bond motifs is 2. The Morgan fingerprint density at radius 3 is 2.84 bits per heavy atom. The lowest BCUT2D eigenvalue weighted by molar-refractivity contribution is 0.945. The number of benzene rings is 1. The van der Waals surface area contributed by atoms with Gasteiger partial charge in [-0.05, 0) is 24.3 Å². The molecular weight excluding hydrogens is 316 g/mol. The van der Waals surface area contributed by atoms with Crippen molar-refractivity contribution in [3.05, 3.63) is 58.9 Å². The summed E-state index contributed by atoms with van der Waals surface area (Å²) in [6.45, 7) is 1.47. The van der Waals surface area contributed by atoms with Gasteiger partial charge < -0.3 is 9.97 Å². The van der Waals surface area contributed by atoms with Crippen molar-refractivity contribution in [1.82, 2.24) is 15.0 Å². The summed E-state index contributed by atoms with van der Waals surface area (Å²) in [6, 6.07) is 15.4. The zero-order valence-corrected chi connectivity index (χ0v) is 13.2. The van der Waals surface area contributed by atoms with Gasteiger partial charge in [0.05, 0.1) is 35.4 Å². The molecule has 7 nitrogen and oxygen atoms in total. The van der Waals surface area contributed by atoms with Crippen LogP contribution in [-0.2, 0) is 0 Å². The smallest absolute Gasteiger partial charge is 0.260 e. The van der Waals surface area contributed by atoms with Crippen molar-refractivity contribution in [2.45, 2.75) is 0 Å². The van der Waals surface area contributed by atoms with Gasteiger partial charge in [0.15, 0.2) is 0 Å². The molecule has 1 aromatic carbocycles. The maximum absolute atomic E-state index is 12.4. The van der Waals surface area contributed by atoms with Gasteiger partial charge in [-0.3, -0.25) is 4.79 Å². The van der Waals surface area contributed by atoms with E-state index in [1.165, 1.54) is 0 Å². The van der Waals surface area contributed by atoms with E-state index in [0.29, 0.717) is 17.9 Å². The molecule has 5 rings (SSSR count). The van der Waals surface area contributed by atoms with Crippen LogP contribution in [0.15, 0.2) is 63.7 Å². The molecule has 0 unspecified atom stereocenters. The summed E-state index contributed by atoms with van der Waals surface area (Å²) in [5, 5.41) is 9.94. The SMILES string of the molecule is O=c1[nH]c2cccccc-2c1-c1nc2cc(N3CCN=N3)ccc2[nH]1. The highest BCUT2D eigenvalue weighted by Crippen LogP contribution is 2.30. The van der Waals surface area contributed by atoms with E-state index < -0.39 is 0 Å². The van der Waals surface area contributed by atoms with Gasteiger partial charge in [-0.15, -0.1) is 0 Å². The Labute approximate surface area is 142 Å². The van der Waals surface area contributed by atoms with E-state index in [2.05, 4.69) is 25.3 Å². The van der Waals surface area contributed by atoms with Crippen LogP contribution in [0.4, 0.5) is 5.69 Å². The number of hydrogen-bond acceptors (Lipinski definition) is 5. The molecule has 2 aliphatic heterocycles. The first-order valence-corrected chi connectivity index (χ1v) is 8.06. The maximum Gasteiger partial charge on any atom is 0.260 e. The normalized spacial score (nSPS) is 14.0. The largest absolute Gasteiger partial charge is 0.338 e. The molecule has 0 bridgehead atoms. The molecule has 0 amide bonds. The van der Waals surface area contributed by atoms with Crippen LogP contribution in [0.5, 0.6) is 0 Å². The molecular formula is C18H14N6O. The Bertz CT molecular complexity index is 1140. The summed E-state index contributed by atoms with van der Waals surface area (Å²) in [4.78, 5) is 23.2. The molecule has 7 heteroatoms. The van der Waals surface area contributed by atoms with E-state index in [4.69, 9.17) is 0 Å². The standard InChI is InChI=1S/C18H14N6O/c25-18-16(12-4-2-1-3-5-13(12)22-18)17-20-14-7-6-11(10-15(14)21-17)24-9-8-19-23-24/h1-7,10H,8-9H2,(H,20,21)(H,22,25). The van der Waals surface area contributed by atoms with Gasteiger partial charge in [-0.2, -0.15) is 5.11 Å². The summed E-state index contributed by atoms with van der Waals surface area (Å²) in [5.41, 5.74) is 4.68. The molecule has 3 heterocycles. The maximum atomic E-state index is 12.4. The van der Waals surface area contributed by atoms with E-state index in [0.717, 1.165) is 34.5 Å². The van der Waals surface area contributed by atoms with Gasteiger partial charge in [0.25, 0.3) is 5.56 Å². The number of nitrogens with zero attached hydrogens (tertiary/aromatic N) is 4. The molecule has 0 fully saturated rings. The minimum atomic E-state index is -0.145. The minimum absolute atomic E-state index is 0.145. The minimum Gasteiger partial charge on any atom is -0.338 e. The van der Waals surface area contributed by atoms with E-state index in [1.54, 1.807) is 0 Å². The zero-order valence-electron chi connectivity index (χ0n) is 13.2. The van der Waals surface area contributed by atoms with Crippen molar-refractivity contribution in [3.63, 3.8) is 0 Å². The van der Waals surface area contributed by atoms with Gasteiger partial charge >= 0.3 is 0 Å². The molecule has 0 spiro atoms. The van der Waals surface area contributed by atoms with Gasteiger partial charge in [0, 0.05) is 11.3 Å². The monoisotopic (exact) mass is 330 g/mol. The Morgan fingerprint density at radius 2 is 1.96 bits per heavy atom. The third-order valence-electron chi connectivity index (χ3n) is 4.37. The highest BCUT2D eigenvalue weighted by molar-refractivity contribution is 5.87. The Hall–Kier alpha value is -3.48. The van der Waals surface area contributed by atoms with Crippen molar-refractivity contribution in [2.24, 2.45) is 10.3 Å². The fourth-order valence-electron chi connectivity index (χ4n) is 3.18. The lowest BCUT2D eigenvalue weighted by Gasteiger charge is -2.10. The molecule has 25 heavy (non-hydrogen) atoms. The average Bonchev–Trinajstić information content (AvgIpc) is 3.30. The Kier molecular flexibility index (Phi) is 2.93. The summed E-state index contributed by atoms with van der Waals surface area (Å²) in [5.74, 6) is 0.567. The summed E-state index contributed by atoms with van der Waals surface area (Å²) in [7, 11) is 0. The van der Waals surface area contributed by atoms with Crippen LogP contribution >= 0.6 is 0 Å². The molecule has 0 atom stereocenters. The highest BCUT2D eigenvalue weighted by atomic mass is 16.1. The first-order chi connectivity index (χ1) is 12.3. The fourth-order valence-corrected chi connectivity index (χ4v) is 3.18. The van der Waals surface area contributed by atoms with Crippen molar-refractivity contribution in [1.29, 1.82) is 0 Å². The Balaban J connectivity index is 1.66. The van der Waals surface area contributed by atoms with Gasteiger partial charge in [0.2, 0.25) is 0 Å². The first-order valence-electron chi connectivity index (χ1n) is 8.06. The number of rotatable bonds is 2. The second-order valence-corrected chi connectivity index (χ2v) is 5.93. The summed E-state index contributed by atoms with van der Waals surface area (Å²) < 4.78 is 0. The van der Waals surface area contributed by atoms with E-state index in [9.17, 15) is 4.79 Å². The molecule has 122 valence electrons. The van der Waals surface area contributed by atoms with Gasteiger partial charge in [-0.1, -0.05) is 29.5 Å². The number of aromatic nitrogens is 3. The molecule has 0 saturated heterocycles. The van der Waals surface area contributed by atoms with Crippen molar-refractivity contribution in [3.8, 4) is 22.6 Å². The second kappa shape index (κ2) is 5.27. The quantitative estimate of drug-likeness (QED) is 0.591. The van der Waals surface area contributed by atoms with Crippen LogP contribution in [0.25, 0.3) is 33.7 Å². The summed E-state index contributed by atoms with van der Waals surface area (Å²) in [6.07, 6.45) is 0. The van der Waals surface area contributed by atoms with Crippen molar-refractivity contribution in [2.75, 3.05) is 18.1 Å². The van der Waals surface area contributed by atoms with Gasteiger partial charge in [-0.25, -0.2) is 9.99 Å². The summed E-state index contributed by atoms with van der Waals surface area (Å²) >= 11 is 0. The van der Waals surface area contributed by atoms with Crippen LogP contribution < -0.4 is 10.6 Å². The van der Waals surface area contributed by atoms with Crippen LogP contribution in [0.1, 0.15) is 0 Å². The number of hydrogen-bond donors (Lipinski definition) is 2. The fraction of sp³-hybridized carbons (Fsp3) is 0.111. The third kappa shape index (κ3) is 2.20. The highest BCUT2D eigenvalue weighted by Gasteiger charge is 2.19. The molecule has 0 saturated carbocycles. The second-order valence-electron chi connectivity index (χ2n) is 5.93. The van der Waals surface area contributed by atoms with Gasteiger partial charge in [0.1, 0.15) is 5.82 Å². The molecule has 1 aliphatic carbocycles. The Morgan fingerprint density at radius 1 is 1.04 bits per heavy atom. The number of H-pyrrole nitrogens is 2. The van der Waals surface area contributed by atoms with Crippen LogP contribution in [-0.4, -0.2) is 28.0 Å².